The second-order valence-electron chi connectivity index (χ2n) is 6.43. The van der Waals surface area contributed by atoms with Crippen molar-refractivity contribution in [1.82, 2.24) is 15.0 Å². The summed E-state index contributed by atoms with van der Waals surface area (Å²) in [4.78, 5) is 6.92. The van der Waals surface area contributed by atoms with Crippen LogP contribution >= 0.6 is 11.6 Å². The van der Waals surface area contributed by atoms with Gasteiger partial charge in [-0.2, -0.15) is 4.98 Å². The number of methoxy groups -OCH3 is 1. The van der Waals surface area contributed by atoms with Crippen molar-refractivity contribution in [3.63, 3.8) is 0 Å². The Hall–Kier alpha value is -2.37. The van der Waals surface area contributed by atoms with Crippen molar-refractivity contribution in [1.29, 1.82) is 0 Å². The van der Waals surface area contributed by atoms with Crippen LogP contribution in [-0.4, -0.2) is 28.7 Å². The highest BCUT2D eigenvalue weighted by Crippen LogP contribution is 2.34. The molecule has 1 atom stereocenters. The van der Waals surface area contributed by atoms with Gasteiger partial charge in [0, 0.05) is 16.6 Å². The summed E-state index contributed by atoms with van der Waals surface area (Å²) < 4.78 is 10.8. The maximum absolute atomic E-state index is 6.05. The van der Waals surface area contributed by atoms with Crippen molar-refractivity contribution in [2.75, 3.05) is 13.7 Å². The molecule has 1 aliphatic heterocycles. The van der Waals surface area contributed by atoms with E-state index in [4.69, 9.17) is 20.9 Å². The highest BCUT2D eigenvalue weighted by atomic mass is 35.5. The van der Waals surface area contributed by atoms with E-state index in [1.165, 1.54) is 5.56 Å². The molecule has 0 unspecified atom stereocenters. The zero-order valence-electron chi connectivity index (χ0n) is 14.6. The van der Waals surface area contributed by atoms with Crippen molar-refractivity contribution in [2.24, 2.45) is 0 Å². The quantitative estimate of drug-likeness (QED) is 0.650. The molecule has 0 saturated carbocycles. The molecule has 0 aliphatic carbocycles. The summed E-state index contributed by atoms with van der Waals surface area (Å²) in [5, 5.41) is 4.76. The highest BCUT2D eigenvalue weighted by Gasteiger charge is 2.28. The molecule has 0 N–H and O–H groups in total. The van der Waals surface area contributed by atoms with Crippen molar-refractivity contribution in [3.8, 4) is 17.1 Å². The van der Waals surface area contributed by atoms with E-state index in [9.17, 15) is 0 Å². The standard InChI is InChI=1S/C20H20ClN3O2/c1-25-17-8-3-5-14(12-17)18-9-4-10-24(18)13-19-22-20(23-26-19)15-6-2-7-16(21)11-15/h2-3,5-8,11-12,18H,4,9-10,13H2,1H3/t18-/m1/s1. The van der Waals surface area contributed by atoms with Crippen LogP contribution in [0.5, 0.6) is 5.75 Å². The fraction of sp³-hybridized carbons (Fsp3) is 0.300. The van der Waals surface area contributed by atoms with E-state index in [0.717, 1.165) is 30.7 Å². The minimum atomic E-state index is 0.339. The van der Waals surface area contributed by atoms with Crippen molar-refractivity contribution in [2.45, 2.75) is 25.4 Å². The van der Waals surface area contributed by atoms with Gasteiger partial charge in [0.2, 0.25) is 11.7 Å². The van der Waals surface area contributed by atoms with Crippen LogP contribution in [0.2, 0.25) is 5.02 Å². The van der Waals surface area contributed by atoms with Crippen LogP contribution in [0.25, 0.3) is 11.4 Å². The molecule has 5 nitrogen and oxygen atoms in total. The Morgan fingerprint density at radius 2 is 2.12 bits per heavy atom. The number of hydrogen-bond acceptors (Lipinski definition) is 5. The Balaban J connectivity index is 1.51. The first-order valence-corrected chi connectivity index (χ1v) is 9.07. The molecular formula is C20H20ClN3O2. The summed E-state index contributed by atoms with van der Waals surface area (Å²) >= 11 is 6.05. The molecule has 6 heteroatoms. The smallest absolute Gasteiger partial charge is 0.241 e. The zero-order chi connectivity index (χ0) is 17.9. The largest absolute Gasteiger partial charge is 0.497 e. The monoisotopic (exact) mass is 369 g/mol. The van der Waals surface area contributed by atoms with Gasteiger partial charge in [-0.25, -0.2) is 0 Å². The van der Waals surface area contributed by atoms with Gasteiger partial charge < -0.3 is 9.26 Å². The molecule has 2 aromatic carbocycles. The summed E-state index contributed by atoms with van der Waals surface area (Å²) in [5.74, 6) is 2.07. The Bertz CT molecular complexity index is 896. The van der Waals surface area contributed by atoms with Crippen LogP contribution in [0, 0.1) is 0 Å². The highest BCUT2D eigenvalue weighted by molar-refractivity contribution is 6.30. The number of hydrogen-bond donors (Lipinski definition) is 0. The van der Waals surface area contributed by atoms with Gasteiger partial charge in [0.25, 0.3) is 0 Å². The van der Waals surface area contributed by atoms with Crippen molar-refractivity contribution < 1.29 is 9.26 Å². The van der Waals surface area contributed by atoms with Crippen LogP contribution in [0.15, 0.2) is 53.1 Å². The maximum atomic E-state index is 6.05. The van der Waals surface area contributed by atoms with E-state index < -0.39 is 0 Å². The number of rotatable bonds is 5. The maximum Gasteiger partial charge on any atom is 0.241 e. The van der Waals surface area contributed by atoms with Gasteiger partial charge in [0.1, 0.15) is 5.75 Å². The Labute approximate surface area is 157 Å². The van der Waals surface area contributed by atoms with Gasteiger partial charge in [-0.1, -0.05) is 41.0 Å². The lowest BCUT2D eigenvalue weighted by Gasteiger charge is -2.23. The second kappa shape index (κ2) is 7.48. The minimum Gasteiger partial charge on any atom is -0.497 e. The number of nitrogens with zero attached hydrogens (tertiary/aromatic N) is 3. The van der Waals surface area contributed by atoms with Crippen LogP contribution in [0.3, 0.4) is 0 Å². The molecule has 0 bridgehead atoms. The van der Waals surface area contributed by atoms with Gasteiger partial charge >= 0.3 is 0 Å². The van der Waals surface area contributed by atoms with E-state index in [0.29, 0.717) is 29.3 Å². The average molecular weight is 370 g/mol. The third kappa shape index (κ3) is 3.59. The predicted octanol–water partition coefficient (Wildman–Crippen LogP) is 4.74. The Kier molecular flexibility index (Phi) is 4.91. The molecule has 1 aliphatic rings. The van der Waals surface area contributed by atoms with Gasteiger partial charge in [-0.05, 0) is 49.2 Å². The number of ether oxygens (including phenoxy) is 1. The first-order chi connectivity index (χ1) is 12.7. The molecule has 4 rings (SSSR count). The summed E-state index contributed by atoms with van der Waals surface area (Å²) in [7, 11) is 1.70. The predicted molar refractivity (Wildman–Crippen MR) is 100 cm³/mol. The molecule has 0 amide bonds. The van der Waals surface area contributed by atoms with Gasteiger partial charge in [-0.3, -0.25) is 4.90 Å². The molecular weight excluding hydrogens is 350 g/mol. The fourth-order valence-electron chi connectivity index (χ4n) is 3.48. The van der Waals surface area contributed by atoms with Gasteiger partial charge in [0.15, 0.2) is 0 Å². The number of benzene rings is 2. The molecule has 0 spiro atoms. The first-order valence-electron chi connectivity index (χ1n) is 8.69. The number of likely N-dealkylation sites (tertiary alicyclic amines) is 1. The second-order valence-corrected chi connectivity index (χ2v) is 6.86. The lowest BCUT2D eigenvalue weighted by molar-refractivity contribution is 0.212. The Morgan fingerprint density at radius 3 is 2.96 bits per heavy atom. The summed E-state index contributed by atoms with van der Waals surface area (Å²) in [6.45, 7) is 1.65. The van der Waals surface area contributed by atoms with E-state index >= 15 is 0 Å². The van der Waals surface area contributed by atoms with E-state index in [-0.39, 0.29) is 0 Å². The van der Waals surface area contributed by atoms with Crippen molar-refractivity contribution in [3.05, 3.63) is 65.0 Å². The van der Waals surface area contributed by atoms with E-state index in [1.54, 1.807) is 7.11 Å². The molecule has 2 heterocycles. The van der Waals surface area contributed by atoms with E-state index in [2.05, 4.69) is 27.2 Å². The fourth-order valence-corrected chi connectivity index (χ4v) is 3.67. The molecule has 1 fully saturated rings. The number of aromatic nitrogens is 2. The lowest BCUT2D eigenvalue weighted by atomic mass is 10.0. The van der Waals surface area contributed by atoms with Crippen LogP contribution < -0.4 is 4.74 Å². The molecule has 1 aromatic heterocycles. The molecule has 1 saturated heterocycles. The average Bonchev–Trinajstić information content (AvgIpc) is 3.32. The zero-order valence-corrected chi connectivity index (χ0v) is 15.3. The molecule has 26 heavy (non-hydrogen) atoms. The molecule has 3 aromatic rings. The molecule has 134 valence electrons. The van der Waals surface area contributed by atoms with Crippen LogP contribution in [0.4, 0.5) is 0 Å². The van der Waals surface area contributed by atoms with E-state index in [1.807, 2.05) is 36.4 Å². The molecule has 0 radical (unpaired) electrons. The first kappa shape index (κ1) is 17.1. The minimum absolute atomic E-state index is 0.339. The summed E-state index contributed by atoms with van der Waals surface area (Å²) in [6.07, 6.45) is 2.26. The van der Waals surface area contributed by atoms with Gasteiger partial charge in [-0.15, -0.1) is 0 Å². The number of halogens is 1. The van der Waals surface area contributed by atoms with Gasteiger partial charge in [0.05, 0.1) is 13.7 Å². The van der Waals surface area contributed by atoms with Crippen LogP contribution in [0.1, 0.15) is 30.3 Å². The van der Waals surface area contributed by atoms with Crippen LogP contribution in [-0.2, 0) is 6.54 Å². The lowest BCUT2D eigenvalue weighted by Crippen LogP contribution is -2.23. The topological polar surface area (TPSA) is 51.4 Å². The normalized spacial score (nSPS) is 17.5. The Morgan fingerprint density at radius 1 is 1.23 bits per heavy atom. The third-order valence-corrected chi connectivity index (χ3v) is 4.97. The van der Waals surface area contributed by atoms with Crippen molar-refractivity contribution >= 4 is 11.6 Å². The third-order valence-electron chi connectivity index (χ3n) is 4.73. The SMILES string of the molecule is COc1cccc([C@H]2CCCN2Cc2nc(-c3cccc(Cl)c3)no2)c1. The summed E-state index contributed by atoms with van der Waals surface area (Å²) in [6, 6.07) is 16.1. The summed E-state index contributed by atoms with van der Waals surface area (Å²) in [5.41, 5.74) is 2.12.